The van der Waals surface area contributed by atoms with Crippen molar-refractivity contribution < 1.29 is 9.32 Å². The van der Waals surface area contributed by atoms with Gasteiger partial charge < -0.3 is 15.6 Å². The highest BCUT2D eigenvalue weighted by Crippen LogP contribution is 2.19. The highest BCUT2D eigenvalue weighted by Gasteiger charge is 2.26. The Morgan fingerprint density at radius 3 is 2.44 bits per heavy atom. The van der Waals surface area contributed by atoms with Gasteiger partial charge in [-0.2, -0.15) is 4.98 Å². The number of carbonyl (C=O) groups excluding carboxylic acids is 1. The van der Waals surface area contributed by atoms with E-state index in [1.54, 1.807) is 0 Å². The van der Waals surface area contributed by atoms with E-state index in [1.165, 1.54) is 0 Å². The van der Waals surface area contributed by atoms with Gasteiger partial charge in [0, 0.05) is 18.5 Å². The standard InChI is InChI=1S/C18H26N4O2.ClH/c1-5-14-21-17(24-22-14)13-8-6-12(7-9-13)10-11-20-16(23)15(19)18(2,3)4;/h6-9,15H,5,10-11,19H2,1-4H3,(H,20,23);1H/t15-;/m1./s1. The van der Waals surface area contributed by atoms with Gasteiger partial charge in [-0.1, -0.05) is 45.0 Å². The lowest BCUT2D eigenvalue weighted by Gasteiger charge is -2.25. The van der Waals surface area contributed by atoms with Gasteiger partial charge in [-0.05, 0) is 29.5 Å². The highest BCUT2D eigenvalue weighted by atomic mass is 35.5. The molecule has 138 valence electrons. The number of benzene rings is 1. The van der Waals surface area contributed by atoms with E-state index >= 15 is 0 Å². The van der Waals surface area contributed by atoms with Crippen molar-refractivity contribution in [3.63, 3.8) is 0 Å². The van der Waals surface area contributed by atoms with Gasteiger partial charge in [0.1, 0.15) is 0 Å². The Balaban J connectivity index is 0.00000312. The van der Waals surface area contributed by atoms with Gasteiger partial charge in [0.05, 0.1) is 6.04 Å². The molecular formula is C18H27ClN4O2. The van der Waals surface area contributed by atoms with Crippen LogP contribution >= 0.6 is 12.4 Å². The molecule has 0 saturated heterocycles. The molecule has 1 amide bonds. The molecule has 25 heavy (non-hydrogen) atoms. The molecule has 1 atom stereocenters. The molecule has 0 aliphatic heterocycles. The number of amides is 1. The molecule has 3 N–H and O–H groups in total. The molecule has 0 fully saturated rings. The van der Waals surface area contributed by atoms with Crippen LogP contribution in [-0.4, -0.2) is 28.6 Å². The van der Waals surface area contributed by atoms with Crippen molar-refractivity contribution in [1.29, 1.82) is 0 Å². The fourth-order valence-corrected chi connectivity index (χ4v) is 2.16. The predicted molar refractivity (Wildman–Crippen MR) is 101 cm³/mol. The third-order valence-corrected chi connectivity index (χ3v) is 3.91. The topological polar surface area (TPSA) is 94.0 Å². The summed E-state index contributed by atoms with van der Waals surface area (Å²) < 4.78 is 5.22. The van der Waals surface area contributed by atoms with Gasteiger partial charge in [0.15, 0.2) is 5.82 Å². The molecule has 2 rings (SSSR count). The first-order chi connectivity index (χ1) is 11.3. The summed E-state index contributed by atoms with van der Waals surface area (Å²) in [6, 6.07) is 7.39. The van der Waals surface area contributed by atoms with E-state index in [2.05, 4.69) is 15.5 Å². The SMILES string of the molecule is CCc1noc(-c2ccc(CCNC(=O)[C@@H](N)C(C)(C)C)cc2)n1.Cl. The lowest BCUT2D eigenvalue weighted by atomic mass is 9.87. The third kappa shape index (κ3) is 5.83. The van der Waals surface area contributed by atoms with E-state index in [0.29, 0.717) is 18.3 Å². The summed E-state index contributed by atoms with van der Waals surface area (Å²) in [5, 5.41) is 6.78. The van der Waals surface area contributed by atoms with E-state index in [1.807, 2.05) is 52.0 Å². The number of nitrogens with two attached hydrogens (primary N) is 1. The minimum Gasteiger partial charge on any atom is -0.354 e. The molecule has 0 spiro atoms. The number of aryl methyl sites for hydroxylation is 1. The lowest BCUT2D eigenvalue weighted by Crippen LogP contribution is -2.48. The van der Waals surface area contributed by atoms with E-state index in [4.69, 9.17) is 10.3 Å². The van der Waals surface area contributed by atoms with Gasteiger partial charge in [-0.25, -0.2) is 0 Å². The molecule has 0 radical (unpaired) electrons. The minimum absolute atomic E-state index is 0. The maximum absolute atomic E-state index is 12.0. The smallest absolute Gasteiger partial charge is 0.257 e. The molecule has 0 bridgehead atoms. The molecule has 2 aromatic rings. The van der Waals surface area contributed by atoms with Crippen LogP contribution in [0.3, 0.4) is 0 Å². The fourth-order valence-electron chi connectivity index (χ4n) is 2.16. The summed E-state index contributed by atoms with van der Waals surface area (Å²) in [5.41, 5.74) is 7.71. The maximum atomic E-state index is 12.0. The third-order valence-electron chi connectivity index (χ3n) is 3.91. The predicted octanol–water partition coefficient (Wildman–Crippen LogP) is 2.75. The van der Waals surface area contributed by atoms with Crippen molar-refractivity contribution in [3.8, 4) is 11.5 Å². The molecule has 7 heteroatoms. The van der Waals surface area contributed by atoms with Crippen LogP contribution in [0.1, 0.15) is 39.1 Å². The molecule has 0 aliphatic rings. The van der Waals surface area contributed by atoms with Crippen LogP contribution in [0.15, 0.2) is 28.8 Å². The summed E-state index contributed by atoms with van der Waals surface area (Å²) in [4.78, 5) is 16.3. The molecule has 1 aromatic heterocycles. The fraction of sp³-hybridized carbons (Fsp3) is 0.500. The number of hydrogen-bond acceptors (Lipinski definition) is 5. The summed E-state index contributed by atoms with van der Waals surface area (Å²) in [6.07, 6.45) is 1.49. The maximum Gasteiger partial charge on any atom is 0.257 e. The Hall–Kier alpha value is -1.92. The van der Waals surface area contributed by atoms with E-state index in [9.17, 15) is 4.79 Å². The normalized spacial score (nSPS) is 12.4. The van der Waals surface area contributed by atoms with Gasteiger partial charge in [0.2, 0.25) is 5.91 Å². The molecule has 0 aliphatic carbocycles. The Morgan fingerprint density at radius 2 is 1.92 bits per heavy atom. The second-order valence-corrected chi connectivity index (χ2v) is 6.95. The minimum atomic E-state index is -0.509. The first kappa shape index (κ1) is 21.1. The molecule has 6 nitrogen and oxygen atoms in total. The lowest BCUT2D eigenvalue weighted by molar-refractivity contribution is -0.124. The highest BCUT2D eigenvalue weighted by molar-refractivity contribution is 5.85. The zero-order chi connectivity index (χ0) is 17.7. The number of hydrogen-bond donors (Lipinski definition) is 2. The van der Waals surface area contributed by atoms with Crippen molar-refractivity contribution in [2.45, 2.75) is 46.6 Å². The van der Waals surface area contributed by atoms with Crippen LogP contribution in [-0.2, 0) is 17.6 Å². The van der Waals surface area contributed by atoms with Crippen LogP contribution in [0.5, 0.6) is 0 Å². The average Bonchev–Trinajstić information content (AvgIpc) is 3.03. The van der Waals surface area contributed by atoms with Gasteiger partial charge in [0.25, 0.3) is 5.89 Å². The number of halogens is 1. The quantitative estimate of drug-likeness (QED) is 0.819. The van der Waals surface area contributed by atoms with Crippen LogP contribution in [0.4, 0.5) is 0 Å². The van der Waals surface area contributed by atoms with Gasteiger partial charge in [-0.15, -0.1) is 12.4 Å². The first-order valence-electron chi connectivity index (χ1n) is 8.26. The van der Waals surface area contributed by atoms with Gasteiger partial charge in [-0.3, -0.25) is 4.79 Å². The van der Waals surface area contributed by atoms with Crippen molar-refractivity contribution >= 4 is 18.3 Å². The second-order valence-electron chi connectivity index (χ2n) is 6.95. The van der Waals surface area contributed by atoms with Crippen LogP contribution in [0, 0.1) is 5.41 Å². The average molecular weight is 367 g/mol. The van der Waals surface area contributed by atoms with E-state index in [0.717, 1.165) is 24.0 Å². The first-order valence-corrected chi connectivity index (χ1v) is 8.26. The summed E-state index contributed by atoms with van der Waals surface area (Å²) >= 11 is 0. The number of rotatable bonds is 6. The largest absolute Gasteiger partial charge is 0.354 e. The van der Waals surface area contributed by atoms with Crippen molar-refractivity contribution in [1.82, 2.24) is 15.5 Å². The molecule has 0 saturated carbocycles. The van der Waals surface area contributed by atoms with Crippen LogP contribution in [0.2, 0.25) is 0 Å². The Morgan fingerprint density at radius 1 is 1.28 bits per heavy atom. The number of aromatic nitrogens is 2. The van der Waals surface area contributed by atoms with Gasteiger partial charge >= 0.3 is 0 Å². The summed E-state index contributed by atoms with van der Waals surface area (Å²) in [7, 11) is 0. The number of carbonyl (C=O) groups is 1. The molecule has 0 unspecified atom stereocenters. The zero-order valence-electron chi connectivity index (χ0n) is 15.2. The van der Waals surface area contributed by atoms with Crippen molar-refractivity contribution in [2.24, 2.45) is 11.1 Å². The molecule has 1 heterocycles. The monoisotopic (exact) mass is 366 g/mol. The van der Waals surface area contributed by atoms with Crippen LogP contribution < -0.4 is 11.1 Å². The Bertz CT molecular complexity index is 677. The van der Waals surface area contributed by atoms with E-state index < -0.39 is 6.04 Å². The summed E-state index contributed by atoms with van der Waals surface area (Å²) in [5.74, 6) is 1.12. The van der Waals surface area contributed by atoms with E-state index in [-0.39, 0.29) is 23.7 Å². The van der Waals surface area contributed by atoms with Crippen molar-refractivity contribution in [2.75, 3.05) is 6.54 Å². The molecular weight excluding hydrogens is 340 g/mol. The van der Waals surface area contributed by atoms with Crippen molar-refractivity contribution in [3.05, 3.63) is 35.7 Å². The second kappa shape index (κ2) is 8.97. The number of nitrogens with zero attached hydrogens (tertiary/aromatic N) is 2. The van der Waals surface area contributed by atoms with Crippen LogP contribution in [0.25, 0.3) is 11.5 Å². The number of nitrogens with one attached hydrogen (secondary N) is 1. The molecule has 1 aromatic carbocycles. The summed E-state index contributed by atoms with van der Waals surface area (Å²) in [6.45, 7) is 8.41. The Kier molecular flexibility index (Phi) is 7.58. The zero-order valence-corrected chi connectivity index (χ0v) is 16.0. The Labute approximate surface area is 155 Å².